The molecule has 1 aliphatic rings. The highest BCUT2D eigenvalue weighted by atomic mass is 35.5. The summed E-state index contributed by atoms with van der Waals surface area (Å²) in [7, 11) is -3.11. The van der Waals surface area contributed by atoms with E-state index in [1.165, 1.54) is 0 Å². The second-order valence-electron chi connectivity index (χ2n) is 6.23. The second kappa shape index (κ2) is 9.62. The van der Waals surface area contributed by atoms with Crippen molar-refractivity contribution in [3.8, 4) is 5.75 Å². The normalized spacial score (nSPS) is 20.0. The Bertz CT molecular complexity index is 697. The van der Waals surface area contributed by atoms with Gasteiger partial charge in [0.2, 0.25) is 5.91 Å². The molecule has 0 unspecified atom stereocenters. The van der Waals surface area contributed by atoms with E-state index in [0.29, 0.717) is 22.9 Å². The van der Waals surface area contributed by atoms with Gasteiger partial charge in [-0.05, 0) is 37.0 Å². The van der Waals surface area contributed by atoms with E-state index in [4.69, 9.17) is 22.1 Å². The summed E-state index contributed by atoms with van der Waals surface area (Å²) >= 11 is 5.98. The van der Waals surface area contributed by atoms with Gasteiger partial charge in [0.05, 0.1) is 11.4 Å². The topological polar surface area (TPSA) is 98.5 Å². The number of anilines is 1. The maximum Gasteiger partial charge on any atom is 0.224 e. The lowest BCUT2D eigenvalue weighted by Gasteiger charge is -2.16. The molecule has 0 aliphatic heterocycles. The van der Waals surface area contributed by atoms with Gasteiger partial charge in [-0.2, -0.15) is 0 Å². The molecule has 25 heavy (non-hydrogen) atoms. The van der Waals surface area contributed by atoms with Crippen molar-refractivity contribution in [3.05, 3.63) is 23.2 Å². The Morgan fingerprint density at radius 3 is 2.72 bits per heavy atom. The van der Waals surface area contributed by atoms with Crippen molar-refractivity contribution in [2.45, 2.75) is 31.7 Å². The van der Waals surface area contributed by atoms with Crippen LogP contribution in [0.3, 0.4) is 0 Å². The molecule has 1 aromatic rings. The summed E-state index contributed by atoms with van der Waals surface area (Å²) in [5.41, 5.74) is 6.44. The highest BCUT2D eigenvalue weighted by Crippen LogP contribution is 2.30. The van der Waals surface area contributed by atoms with E-state index >= 15 is 0 Å². The number of hydrogen-bond donors (Lipinski definition) is 2. The molecule has 0 heterocycles. The van der Waals surface area contributed by atoms with Gasteiger partial charge in [0, 0.05) is 23.7 Å². The van der Waals surface area contributed by atoms with E-state index in [1.54, 1.807) is 18.2 Å². The minimum atomic E-state index is -3.11. The molecule has 1 aromatic carbocycles. The molecule has 142 valence electrons. The van der Waals surface area contributed by atoms with Gasteiger partial charge in [0.25, 0.3) is 0 Å². The largest absolute Gasteiger partial charge is 0.490 e. The number of carbonyl (C=O) groups is 1. The third-order valence-electron chi connectivity index (χ3n) is 4.09. The number of carbonyl (C=O) groups excluding carboxylic acids is 1. The highest BCUT2D eigenvalue weighted by Gasteiger charge is 2.26. The molecule has 1 aliphatic carbocycles. The Hall–Kier alpha value is -1.02. The molecule has 1 saturated carbocycles. The van der Waals surface area contributed by atoms with Crippen LogP contribution in [0.2, 0.25) is 5.02 Å². The first-order valence-electron chi connectivity index (χ1n) is 7.90. The number of ether oxygens (including phenoxy) is 1. The summed E-state index contributed by atoms with van der Waals surface area (Å²) in [4.78, 5) is 12.2. The number of amides is 1. The van der Waals surface area contributed by atoms with Gasteiger partial charge in [-0.15, -0.1) is 12.4 Å². The van der Waals surface area contributed by atoms with E-state index in [0.717, 1.165) is 25.5 Å². The molecular weight excluding hydrogens is 387 g/mol. The quantitative estimate of drug-likeness (QED) is 0.719. The zero-order valence-corrected chi connectivity index (χ0v) is 16.4. The number of halogens is 2. The van der Waals surface area contributed by atoms with Gasteiger partial charge in [0.1, 0.15) is 12.4 Å². The van der Waals surface area contributed by atoms with Crippen molar-refractivity contribution in [2.24, 2.45) is 11.7 Å². The molecule has 1 fully saturated rings. The van der Waals surface area contributed by atoms with Crippen LogP contribution >= 0.6 is 24.0 Å². The Labute approximate surface area is 159 Å². The maximum absolute atomic E-state index is 12.2. The first-order valence-corrected chi connectivity index (χ1v) is 10.3. The van der Waals surface area contributed by atoms with Gasteiger partial charge >= 0.3 is 0 Å². The summed E-state index contributed by atoms with van der Waals surface area (Å²) in [5.74, 6) is 0.346. The van der Waals surface area contributed by atoms with E-state index in [-0.39, 0.29) is 42.6 Å². The zero-order chi connectivity index (χ0) is 17.7. The third-order valence-corrected chi connectivity index (χ3v) is 5.24. The summed E-state index contributed by atoms with van der Waals surface area (Å²) in [6, 6.07) is 4.89. The van der Waals surface area contributed by atoms with E-state index in [1.807, 2.05) is 0 Å². The van der Waals surface area contributed by atoms with Crippen LogP contribution in [0.25, 0.3) is 0 Å². The molecule has 0 radical (unpaired) electrons. The van der Waals surface area contributed by atoms with Gasteiger partial charge in [0.15, 0.2) is 9.84 Å². The number of nitrogens with one attached hydrogen (secondary N) is 1. The SMILES string of the molecule is CS(=O)(=O)CCOc1ccc(Cl)cc1NC(=O)C[C@@H]1CCC[C@H]1N.Cl. The van der Waals surface area contributed by atoms with Crippen molar-refractivity contribution in [1.29, 1.82) is 0 Å². The fourth-order valence-corrected chi connectivity index (χ4v) is 3.35. The van der Waals surface area contributed by atoms with Crippen LogP contribution in [0.15, 0.2) is 18.2 Å². The second-order valence-corrected chi connectivity index (χ2v) is 8.92. The van der Waals surface area contributed by atoms with Crippen LogP contribution in [0.4, 0.5) is 5.69 Å². The lowest BCUT2D eigenvalue weighted by Crippen LogP contribution is -2.28. The Kier molecular flexibility index (Phi) is 8.47. The molecule has 2 atom stereocenters. The van der Waals surface area contributed by atoms with Crippen LogP contribution in [0.1, 0.15) is 25.7 Å². The lowest BCUT2D eigenvalue weighted by molar-refractivity contribution is -0.117. The van der Waals surface area contributed by atoms with E-state index in [2.05, 4.69) is 5.32 Å². The van der Waals surface area contributed by atoms with Gasteiger partial charge < -0.3 is 15.8 Å². The first-order chi connectivity index (χ1) is 11.2. The van der Waals surface area contributed by atoms with Crippen molar-refractivity contribution in [3.63, 3.8) is 0 Å². The molecule has 1 amide bonds. The molecule has 0 spiro atoms. The molecule has 3 N–H and O–H groups in total. The van der Waals surface area contributed by atoms with Crippen LogP contribution in [-0.4, -0.2) is 39.0 Å². The summed E-state index contributed by atoms with van der Waals surface area (Å²) in [6.45, 7) is 0.0107. The molecule has 2 rings (SSSR count). The smallest absolute Gasteiger partial charge is 0.224 e. The van der Waals surface area contributed by atoms with Crippen LogP contribution in [0.5, 0.6) is 5.75 Å². The average molecular weight is 411 g/mol. The third kappa shape index (κ3) is 7.40. The predicted octanol–water partition coefficient (Wildman–Crippen LogP) is 2.64. The molecule has 0 bridgehead atoms. The fourth-order valence-electron chi connectivity index (χ4n) is 2.79. The molecular formula is C16H24Cl2N2O4S. The van der Waals surface area contributed by atoms with Crippen molar-refractivity contribution >= 4 is 45.4 Å². The molecule has 9 heteroatoms. The van der Waals surface area contributed by atoms with Crippen molar-refractivity contribution in [2.75, 3.05) is 23.9 Å². The van der Waals surface area contributed by atoms with Gasteiger partial charge in [-0.25, -0.2) is 8.42 Å². The number of sulfone groups is 1. The van der Waals surface area contributed by atoms with Crippen LogP contribution < -0.4 is 15.8 Å². The highest BCUT2D eigenvalue weighted by molar-refractivity contribution is 7.90. The lowest BCUT2D eigenvalue weighted by atomic mass is 10.00. The number of hydrogen-bond acceptors (Lipinski definition) is 5. The number of nitrogens with two attached hydrogens (primary N) is 1. The number of rotatable bonds is 7. The maximum atomic E-state index is 12.2. The van der Waals surface area contributed by atoms with E-state index < -0.39 is 9.84 Å². The summed E-state index contributed by atoms with van der Waals surface area (Å²) in [6.07, 6.45) is 4.47. The average Bonchev–Trinajstić information content (AvgIpc) is 2.85. The monoisotopic (exact) mass is 410 g/mol. The number of benzene rings is 1. The fraction of sp³-hybridized carbons (Fsp3) is 0.562. The molecule has 0 saturated heterocycles. The van der Waals surface area contributed by atoms with Crippen molar-refractivity contribution in [1.82, 2.24) is 0 Å². The summed E-state index contributed by atoms with van der Waals surface area (Å²) < 4.78 is 27.8. The van der Waals surface area contributed by atoms with Crippen molar-refractivity contribution < 1.29 is 17.9 Å². The predicted molar refractivity (Wildman–Crippen MR) is 102 cm³/mol. The Morgan fingerprint density at radius 2 is 2.12 bits per heavy atom. The molecule has 0 aromatic heterocycles. The van der Waals surface area contributed by atoms with Crippen LogP contribution in [0, 0.1) is 5.92 Å². The van der Waals surface area contributed by atoms with Gasteiger partial charge in [-0.3, -0.25) is 4.79 Å². The minimum Gasteiger partial charge on any atom is -0.490 e. The minimum absolute atomic E-state index is 0. The summed E-state index contributed by atoms with van der Waals surface area (Å²) in [5, 5.41) is 3.25. The Balaban J connectivity index is 0.00000312. The van der Waals surface area contributed by atoms with E-state index in [9.17, 15) is 13.2 Å². The van der Waals surface area contributed by atoms with Gasteiger partial charge in [-0.1, -0.05) is 18.0 Å². The zero-order valence-electron chi connectivity index (χ0n) is 14.0. The Morgan fingerprint density at radius 1 is 1.40 bits per heavy atom. The first kappa shape index (κ1) is 22.0. The molecule has 6 nitrogen and oxygen atoms in total. The van der Waals surface area contributed by atoms with Crippen LogP contribution in [-0.2, 0) is 14.6 Å². The standard InChI is InChI=1S/C16H23ClN2O4S.ClH/c1-24(21,22)8-7-23-15-6-5-12(17)10-14(15)19-16(20)9-11-3-2-4-13(11)18;/h5-6,10-11,13H,2-4,7-9,18H2,1H3,(H,19,20);1H/t11-,13+;/m0./s1.